The lowest BCUT2D eigenvalue weighted by atomic mass is 10.2. The van der Waals surface area contributed by atoms with Crippen molar-refractivity contribution in [3.63, 3.8) is 0 Å². The molecular formula is C24H27FN6O2S. The van der Waals surface area contributed by atoms with E-state index in [-0.39, 0.29) is 29.9 Å². The van der Waals surface area contributed by atoms with E-state index in [1.54, 1.807) is 7.05 Å². The molecule has 0 bridgehead atoms. The molecule has 2 heterocycles. The van der Waals surface area contributed by atoms with Crippen LogP contribution < -0.4 is 10.2 Å². The van der Waals surface area contributed by atoms with Gasteiger partial charge in [-0.1, -0.05) is 29.5 Å². The molecule has 8 nitrogen and oxygen atoms in total. The molecule has 0 aliphatic carbocycles. The summed E-state index contributed by atoms with van der Waals surface area (Å²) in [5, 5.41) is 12.1. The molecule has 1 saturated heterocycles. The molecule has 1 aromatic heterocycles. The van der Waals surface area contributed by atoms with Crippen molar-refractivity contribution < 1.29 is 14.0 Å². The highest BCUT2D eigenvalue weighted by Gasteiger charge is 2.23. The van der Waals surface area contributed by atoms with Crippen molar-refractivity contribution in [2.24, 2.45) is 0 Å². The number of nitrogens with one attached hydrogen (secondary N) is 1. The predicted octanol–water partition coefficient (Wildman–Crippen LogP) is 3.50. The SMILES string of the molecule is Cc1ccc(-n2c(SCC(=O)N(C)CC(=O)Nc3ccc(F)cc3)nnc2N2CCCC2)cc1. The van der Waals surface area contributed by atoms with Gasteiger partial charge in [0, 0.05) is 25.8 Å². The maximum absolute atomic E-state index is 13.0. The van der Waals surface area contributed by atoms with E-state index in [4.69, 9.17) is 0 Å². The highest BCUT2D eigenvalue weighted by molar-refractivity contribution is 7.99. The third kappa shape index (κ3) is 5.74. The monoisotopic (exact) mass is 482 g/mol. The minimum absolute atomic E-state index is 0.111. The smallest absolute Gasteiger partial charge is 0.243 e. The van der Waals surface area contributed by atoms with Crippen LogP contribution in [0.2, 0.25) is 0 Å². The minimum atomic E-state index is -0.381. The topological polar surface area (TPSA) is 83.4 Å². The van der Waals surface area contributed by atoms with Crippen LogP contribution in [0.5, 0.6) is 0 Å². The Balaban J connectivity index is 1.41. The average Bonchev–Trinajstić information content (AvgIpc) is 3.49. The third-order valence-electron chi connectivity index (χ3n) is 5.56. The molecule has 0 spiro atoms. The molecule has 0 unspecified atom stereocenters. The Morgan fingerprint density at radius 3 is 2.41 bits per heavy atom. The van der Waals surface area contributed by atoms with E-state index in [0.29, 0.717) is 10.8 Å². The van der Waals surface area contributed by atoms with Gasteiger partial charge in [-0.05, 0) is 56.2 Å². The number of hydrogen-bond acceptors (Lipinski definition) is 6. The average molecular weight is 483 g/mol. The number of benzene rings is 2. The first-order valence-corrected chi connectivity index (χ1v) is 12.1. The molecule has 0 radical (unpaired) electrons. The second kappa shape index (κ2) is 10.7. The minimum Gasteiger partial charge on any atom is -0.341 e. The molecule has 1 fully saturated rings. The number of aromatic nitrogens is 3. The molecule has 1 aliphatic rings. The first kappa shape index (κ1) is 23.7. The van der Waals surface area contributed by atoms with Crippen molar-refractivity contribution in [2.45, 2.75) is 24.9 Å². The lowest BCUT2D eigenvalue weighted by molar-refractivity contribution is -0.131. The Morgan fingerprint density at radius 2 is 1.74 bits per heavy atom. The normalized spacial score (nSPS) is 13.2. The van der Waals surface area contributed by atoms with Crippen molar-refractivity contribution in [3.05, 3.63) is 59.9 Å². The van der Waals surface area contributed by atoms with Crippen LogP contribution in [-0.2, 0) is 9.59 Å². The molecule has 1 aliphatic heterocycles. The molecule has 2 aromatic carbocycles. The fourth-order valence-electron chi connectivity index (χ4n) is 3.67. The predicted molar refractivity (Wildman–Crippen MR) is 131 cm³/mol. The number of aryl methyl sites for hydroxylation is 1. The summed E-state index contributed by atoms with van der Waals surface area (Å²) in [5.41, 5.74) is 2.58. The van der Waals surface area contributed by atoms with Crippen LogP contribution in [0.3, 0.4) is 0 Å². The molecule has 0 saturated carbocycles. The molecular weight excluding hydrogens is 455 g/mol. The summed E-state index contributed by atoms with van der Waals surface area (Å²) in [6.45, 7) is 3.78. The van der Waals surface area contributed by atoms with Gasteiger partial charge in [0.25, 0.3) is 0 Å². The van der Waals surface area contributed by atoms with Gasteiger partial charge in [0.1, 0.15) is 5.82 Å². The van der Waals surface area contributed by atoms with Crippen LogP contribution in [0.1, 0.15) is 18.4 Å². The summed E-state index contributed by atoms with van der Waals surface area (Å²) in [4.78, 5) is 28.6. The number of rotatable bonds is 8. The molecule has 2 amide bonds. The lowest BCUT2D eigenvalue weighted by Crippen LogP contribution is -2.36. The van der Waals surface area contributed by atoms with E-state index in [1.807, 2.05) is 35.8 Å². The number of carbonyl (C=O) groups is 2. The summed E-state index contributed by atoms with van der Waals surface area (Å²) in [6, 6.07) is 13.6. The van der Waals surface area contributed by atoms with Gasteiger partial charge in [-0.25, -0.2) is 4.39 Å². The number of hydrogen-bond donors (Lipinski definition) is 1. The summed E-state index contributed by atoms with van der Waals surface area (Å²) in [5.74, 6) is -0.0475. The fraction of sp³-hybridized carbons (Fsp3) is 0.333. The molecule has 3 aromatic rings. The van der Waals surface area contributed by atoms with Gasteiger partial charge in [0.05, 0.1) is 18.0 Å². The van der Waals surface area contributed by atoms with Gasteiger partial charge in [0.2, 0.25) is 17.8 Å². The van der Waals surface area contributed by atoms with Gasteiger partial charge < -0.3 is 15.1 Å². The Kier molecular flexibility index (Phi) is 7.46. The summed E-state index contributed by atoms with van der Waals surface area (Å²) in [6.07, 6.45) is 2.24. The van der Waals surface area contributed by atoms with Gasteiger partial charge in [0.15, 0.2) is 5.16 Å². The summed E-state index contributed by atoms with van der Waals surface area (Å²) in [7, 11) is 1.58. The second-order valence-corrected chi connectivity index (χ2v) is 9.18. The van der Waals surface area contributed by atoms with Crippen LogP contribution in [0.25, 0.3) is 5.69 Å². The first-order chi connectivity index (χ1) is 16.4. The maximum Gasteiger partial charge on any atom is 0.243 e. The number of likely N-dealkylation sites (N-methyl/N-ethyl adjacent to an activating group) is 1. The highest BCUT2D eigenvalue weighted by atomic mass is 32.2. The largest absolute Gasteiger partial charge is 0.341 e. The van der Waals surface area contributed by atoms with Crippen LogP contribution in [0.4, 0.5) is 16.0 Å². The number of halogens is 1. The Labute approximate surface area is 202 Å². The molecule has 10 heteroatoms. The van der Waals surface area contributed by atoms with Crippen molar-refractivity contribution in [2.75, 3.05) is 42.7 Å². The number of nitrogens with zero attached hydrogens (tertiary/aromatic N) is 5. The molecule has 4 rings (SSSR count). The van der Waals surface area contributed by atoms with E-state index >= 15 is 0 Å². The van der Waals surface area contributed by atoms with E-state index in [2.05, 4.69) is 20.4 Å². The number of thioether (sulfide) groups is 1. The Bertz CT molecular complexity index is 1140. The van der Waals surface area contributed by atoms with E-state index in [1.165, 1.54) is 40.9 Å². The van der Waals surface area contributed by atoms with Crippen molar-refractivity contribution in [1.82, 2.24) is 19.7 Å². The van der Waals surface area contributed by atoms with Crippen molar-refractivity contribution >= 4 is 35.2 Å². The highest BCUT2D eigenvalue weighted by Crippen LogP contribution is 2.28. The molecule has 34 heavy (non-hydrogen) atoms. The summed E-state index contributed by atoms with van der Waals surface area (Å²) < 4.78 is 15.0. The number of anilines is 2. The second-order valence-electron chi connectivity index (χ2n) is 8.24. The zero-order valence-corrected chi connectivity index (χ0v) is 20.0. The molecule has 178 valence electrons. The lowest BCUT2D eigenvalue weighted by Gasteiger charge is -2.19. The van der Waals surface area contributed by atoms with Crippen molar-refractivity contribution in [3.8, 4) is 5.69 Å². The van der Waals surface area contributed by atoms with Crippen molar-refractivity contribution in [1.29, 1.82) is 0 Å². The maximum atomic E-state index is 13.0. The van der Waals surface area contributed by atoms with Gasteiger partial charge in [-0.3, -0.25) is 14.2 Å². The zero-order valence-electron chi connectivity index (χ0n) is 19.2. The van der Waals surface area contributed by atoms with E-state index in [0.717, 1.165) is 43.1 Å². The quantitative estimate of drug-likeness (QED) is 0.495. The molecule has 1 N–H and O–H groups in total. The standard InChI is InChI=1S/C24H27FN6O2S/c1-17-5-11-20(12-6-17)31-23(30-13-3-4-14-30)27-28-24(31)34-16-22(33)29(2)15-21(32)26-19-9-7-18(25)8-10-19/h5-12H,3-4,13-16H2,1-2H3,(H,26,32). The van der Waals surface area contributed by atoms with Crippen LogP contribution >= 0.6 is 11.8 Å². The Morgan fingerprint density at radius 1 is 1.06 bits per heavy atom. The van der Waals surface area contributed by atoms with Crippen LogP contribution in [0, 0.1) is 12.7 Å². The Hall–Kier alpha value is -3.40. The van der Waals surface area contributed by atoms with Crippen LogP contribution in [-0.4, -0.2) is 63.9 Å². The van der Waals surface area contributed by atoms with E-state index < -0.39 is 0 Å². The zero-order chi connectivity index (χ0) is 24.1. The number of amides is 2. The van der Waals surface area contributed by atoms with Gasteiger partial charge >= 0.3 is 0 Å². The third-order valence-corrected chi connectivity index (χ3v) is 6.47. The van der Waals surface area contributed by atoms with E-state index in [9.17, 15) is 14.0 Å². The molecule has 0 atom stereocenters. The summed E-state index contributed by atoms with van der Waals surface area (Å²) >= 11 is 1.29. The van der Waals surface area contributed by atoms with Gasteiger partial charge in [-0.15, -0.1) is 10.2 Å². The first-order valence-electron chi connectivity index (χ1n) is 11.1. The number of carbonyl (C=O) groups excluding carboxylic acids is 2. The van der Waals surface area contributed by atoms with Gasteiger partial charge in [-0.2, -0.15) is 0 Å². The fourth-order valence-corrected chi connectivity index (χ4v) is 4.56. The van der Waals surface area contributed by atoms with Crippen LogP contribution in [0.15, 0.2) is 53.7 Å².